The average molecular weight is 396 g/mol. The van der Waals surface area contributed by atoms with Crippen LogP contribution >= 0.6 is 0 Å². The first-order valence-electron chi connectivity index (χ1n) is 10.1. The van der Waals surface area contributed by atoms with Crippen LogP contribution in [0.5, 0.6) is 5.75 Å². The van der Waals surface area contributed by atoms with Crippen LogP contribution in [-0.2, 0) is 11.3 Å². The van der Waals surface area contributed by atoms with E-state index in [9.17, 15) is 9.59 Å². The highest BCUT2D eigenvalue weighted by Crippen LogP contribution is 2.16. The minimum Gasteiger partial charge on any atom is -0.491 e. The normalized spacial score (nSPS) is 14.7. The van der Waals surface area contributed by atoms with Gasteiger partial charge in [0.2, 0.25) is 5.91 Å². The molecule has 1 aliphatic heterocycles. The number of hydrogen-bond acceptors (Lipinski definition) is 4. The van der Waals surface area contributed by atoms with Crippen molar-refractivity contribution in [1.29, 1.82) is 0 Å². The Hall–Kier alpha value is -2.86. The molecule has 0 bridgehead atoms. The van der Waals surface area contributed by atoms with E-state index in [-0.39, 0.29) is 17.9 Å². The summed E-state index contributed by atoms with van der Waals surface area (Å²) in [5.41, 5.74) is 1.75. The number of hydrogen-bond donors (Lipinski definition) is 1. The van der Waals surface area contributed by atoms with Crippen LogP contribution in [0.3, 0.4) is 0 Å². The van der Waals surface area contributed by atoms with E-state index in [1.807, 2.05) is 73.3 Å². The van der Waals surface area contributed by atoms with Crippen LogP contribution in [0, 0.1) is 0 Å². The molecule has 154 valence electrons. The van der Waals surface area contributed by atoms with Gasteiger partial charge in [-0.05, 0) is 43.7 Å². The highest BCUT2D eigenvalue weighted by Gasteiger charge is 2.23. The summed E-state index contributed by atoms with van der Waals surface area (Å²) >= 11 is 0. The van der Waals surface area contributed by atoms with E-state index in [1.54, 1.807) is 0 Å². The van der Waals surface area contributed by atoms with Crippen LogP contribution in [0.2, 0.25) is 0 Å². The summed E-state index contributed by atoms with van der Waals surface area (Å²) in [6.45, 7) is 7.47. The molecule has 1 N–H and O–H groups in total. The molecular weight excluding hydrogens is 366 g/mol. The van der Waals surface area contributed by atoms with Crippen molar-refractivity contribution in [2.75, 3.05) is 32.7 Å². The van der Waals surface area contributed by atoms with Crippen LogP contribution in [0.4, 0.5) is 0 Å². The summed E-state index contributed by atoms with van der Waals surface area (Å²) in [5, 5.41) is 2.95. The van der Waals surface area contributed by atoms with Crippen LogP contribution in [0.25, 0.3) is 0 Å². The topological polar surface area (TPSA) is 61.9 Å². The van der Waals surface area contributed by atoms with Gasteiger partial charge in [-0.15, -0.1) is 0 Å². The molecule has 1 fully saturated rings. The van der Waals surface area contributed by atoms with Gasteiger partial charge in [-0.25, -0.2) is 0 Å². The Labute approximate surface area is 172 Å². The number of carbonyl (C=O) groups is 2. The molecule has 2 amide bonds. The molecule has 0 saturated carbocycles. The Morgan fingerprint density at radius 1 is 0.966 bits per heavy atom. The van der Waals surface area contributed by atoms with Crippen molar-refractivity contribution >= 4 is 11.8 Å². The second kappa shape index (κ2) is 10.1. The van der Waals surface area contributed by atoms with Crippen molar-refractivity contribution in [1.82, 2.24) is 15.1 Å². The summed E-state index contributed by atoms with van der Waals surface area (Å²) < 4.78 is 5.62. The van der Waals surface area contributed by atoms with Crippen LogP contribution in [0.1, 0.15) is 29.8 Å². The summed E-state index contributed by atoms with van der Waals surface area (Å²) in [6, 6.07) is 17.2. The minimum atomic E-state index is 0.00868. The molecule has 6 heteroatoms. The van der Waals surface area contributed by atoms with E-state index in [0.717, 1.165) is 11.3 Å². The van der Waals surface area contributed by atoms with Gasteiger partial charge in [0.05, 0.1) is 12.6 Å². The average Bonchev–Trinajstić information content (AvgIpc) is 2.73. The molecular formula is C23H29N3O3. The second-order valence-corrected chi connectivity index (χ2v) is 7.52. The van der Waals surface area contributed by atoms with Gasteiger partial charge in [0, 0.05) is 38.3 Å². The maximum atomic E-state index is 12.7. The third kappa shape index (κ3) is 6.32. The molecule has 1 heterocycles. The Balaban J connectivity index is 1.42. The number of carbonyl (C=O) groups excluding carboxylic acids is 2. The Bertz CT molecular complexity index is 798. The lowest BCUT2D eigenvalue weighted by molar-refractivity contribution is -0.122. The lowest BCUT2D eigenvalue weighted by atomic mass is 10.1. The first-order chi connectivity index (χ1) is 14.0. The van der Waals surface area contributed by atoms with Crippen molar-refractivity contribution in [3.8, 4) is 5.75 Å². The van der Waals surface area contributed by atoms with Crippen molar-refractivity contribution < 1.29 is 14.3 Å². The van der Waals surface area contributed by atoms with Crippen LogP contribution < -0.4 is 10.1 Å². The zero-order chi connectivity index (χ0) is 20.6. The zero-order valence-electron chi connectivity index (χ0n) is 17.1. The molecule has 1 aliphatic rings. The number of piperazine rings is 1. The molecule has 3 rings (SSSR count). The fourth-order valence-electron chi connectivity index (χ4n) is 3.30. The van der Waals surface area contributed by atoms with E-state index in [2.05, 4.69) is 10.2 Å². The number of benzene rings is 2. The smallest absolute Gasteiger partial charge is 0.253 e. The maximum Gasteiger partial charge on any atom is 0.253 e. The van der Waals surface area contributed by atoms with Crippen molar-refractivity contribution in [2.45, 2.75) is 26.5 Å². The number of rotatable bonds is 7. The van der Waals surface area contributed by atoms with Gasteiger partial charge in [0.1, 0.15) is 5.75 Å². The zero-order valence-corrected chi connectivity index (χ0v) is 17.1. The van der Waals surface area contributed by atoms with E-state index in [1.165, 1.54) is 0 Å². The monoisotopic (exact) mass is 395 g/mol. The quantitative estimate of drug-likeness (QED) is 0.783. The third-order valence-electron chi connectivity index (χ3n) is 4.83. The van der Waals surface area contributed by atoms with Crippen molar-refractivity contribution in [2.24, 2.45) is 0 Å². The van der Waals surface area contributed by atoms with Crippen molar-refractivity contribution in [3.63, 3.8) is 0 Å². The molecule has 0 aliphatic carbocycles. The van der Waals surface area contributed by atoms with E-state index in [4.69, 9.17) is 4.74 Å². The second-order valence-electron chi connectivity index (χ2n) is 7.52. The predicted molar refractivity (Wildman–Crippen MR) is 113 cm³/mol. The first kappa shape index (κ1) is 20.9. The molecule has 0 radical (unpaired) electrons. The van der Waals surface area contributed by atoms with Crippen LogP contribution in [0.15, 0.2) is 54.6 Å². The molecule has 6 nitrogen and oxygen atoms in total. The lowest BCUT2D eigenvalue weighted by Gasteiger charge is -2.34. The van der Waals surface area contributed by atoms with Gasteiger partial charge in [0.15, 0.2) is 0 Å². The van der Waals surface area contributed by atoms with Gasteiger partial charge in [-0.2, -0.15) is 0 Å². The molecule has 2 aromatic carbocycles. The van der Waals surface area contributed by atoms with E-state index in [0.29, 0.717) is 44.8 Å². The van der Waals surface area contributed by atoms with Gasteiger partial charge in [-0.3, -0.25) is 14.5 Å². The van der Waals surface area contributed by atoms with Crippen molar-refractivity contribution in [3.05, 3.63) is 65.7 Å². The molecule has 2 aromatic rings. The van der Waals surface area contributed by atoms with Gasteiger partial charge < -0.3 is 15.0 Å². The van der Waals surface area contributed by atoms with Gasteiger partial charge in [-0.1, -0.05) is 30.3 Å². The fraction of sp³-hybridized carbons (Fsp3) is 0.391. The summed E-state index contributed by atoms with van der Waals surface area (Å²) in [5.74, 6) is 0.798. The molecule has 0 unspecified atom stereocenters. The van der Waals surface area contributed by atoms with Gasteiger partial charge in [0.25, 0.3) is 5.91 Å². The Kier molecular flexibility index (Phi) is 7.25. The predicted octanol–water partition coefficient (Wildman–Crippen LogP) is 2.55. The SMILES string of the molecule is CC(C)Oc1ccc(C(=O)N2CCN(CC(=O)NCc3ccccc3)CC2)cc1. The van der Waals surface area contributed by atoms with E-state index >= 15 is 0 Å². The molecule has 0 spiro atoms. The van der Waals surface area contributed by atoms with Crippen LogP contribution in [-0.4, -0.2) is 60.4 Å². The maximum absolute atomic E-state index is 12.7. The largest absolute Gasteiger partial charge is 0.491 e. The number of amides is 2. The third-order valence-corrected chi connectivity index (χ3v) is 4.83. The highest BCUT2D eigenvalue weighted by molar-refractivity contribution is 5.94. The molecule has 29 heavy (non-hydrogen) atoms. The lowest BCUT2D eigenvalue weighted by Crippen LogP contribution is -2.51. The standard InChI is InChI=1S/C23H29N3O3/c1-18(2)29-21-10-8-20(9-11-21)23(28)26-14-12-25(13-15-26)17-22(27)24-16-19-6-4-3-5-7-19/h3-11,18H,12-17H2,1-2H3,(H,24,27). The van der Waals surface area contributed by atoms with Gasteiger partial charge >= 0.3 is 0 Å². The summed E-state index contributed by atoms with van der Waals surface area (Å²) in [6.07, 6.45) is 0.106. The minimum absolute atomic E-state index is 0.00868. The fourth-order valence-corrected chi connectivity index (χ4v) is 3.30. The number of ether oxygens (including phenoxy) is 1. The number of nitrogens with zero attached hydrogens (tertiary/aromatic N) is 2. The van der Waals surface area contributed by atoms with E-state index < -0.39 is 0 Å². The molecule has 0 atom stereocenters. The summed E-state index contributed by atoms with van der Waals surface area (Å²) in [4.78, 5) is 28.8. The Morgan fingerprint density at radius 3 is 2.24 bits per heavy atom. The molecule has 1 saturated heterocycles. The number of nitrogens with one attached hydrogen (secondary N) is 1. The summed E-state index contributed by atoms with van der Waals surface area (Å²) in [7, 11) is 0. The Morgan fingerprint density at radius 2 is 1.62 bits per heavy atom. The first-order valence-corrected chi connectivity index (χ1v) is 10.1. The highest BCUT2D eigenvalue weighted by atomic mass is 16.5. The molecule has 0 aromatic heterocycles.